The third kappa shape index (κ3) is 4.41. The van der Waals surface area contributed by atoms with Crippen LogP contribution in [0.3, 0.4) is 0 Å². The molecule has 0 atom stereocenters. The molecule has 0 aliphatic rings. The smallest absolute Gasteiger partial charge is 0.253 e. The molecule has 1 rings (SSSR count). The Bertz CT molecular complexity index is 583. The molecule has 0 heterocycles. The Morgan fingerprint density at radius 1 is 1.35 bits per heavy atom. The van der Waals surface area contributed by atoms with E-state index in [1.54, 1.807) is 39.2 Å². The lowest BCUT2D eigenvalue weighted by Crippen LogP contribution is -2.22. The number of hydrogen-bond donors (Lipinski definition) is 2. The van der Waals surface area contributed by atoms with Crippen molar-refractivity contribution in [2.45, 2.75) is 6.92 Å². The summed E-state index contributed by atoms with van der Waals surface area (Å²) >= 11 is 0. The number of nitrogens with one attached hydrogen (secondary N) is 1. The molecule has 0 aromatic heterocycles. The van der Waals surface area contributed by atoms with Gasteiger partial charge in [0.2, 0.25) is 0 Å². The van der Waals surface area contributed by atoms with Crippen LogP contribution in [0.2, 0.25) is 0 Å². The third-order valence-corrected chi connectivity index (χ3v) is 4.58. The summed E-state index contributed by atoms with van der Waals surface area (Å²) in [4.78, 5) is 13.2. The van der Waals surface area contributed by atoms with Crippen LogP contribution in [0.25, 0.3) is 0 Å². The van der Waals surface area contributed by atoms with Crippen LogP contribution in [-0.4, -0.2) is 51.4 Å². The summed E-state index contributed by atoms with van der Waals surface area (Å²) in [6.45, 7) is 1.91. The zero-order valence-electron chi connectivity index (χ0n) is 12.0. The minimum absolute atomic E-state index is 0.0569. The molecule has 0 saturated carbocycles. The van der Waals surface area contributed by atoms with E-state index in [-0.39, 0.29) is 17.4 Å². The summed E-state index contributed by atoms with van der Waals surface area (Å²) < 4.78 is 22.7. The molecule has 0 unspecified atom stereocenters. The maximum atomic E-state index is 11.8. The van der Waals surface area contributed by atoms with Gasteiger partial charge in [0, 0.05) is 32.0 Å². The molecule has 7 heteroatoms. The van der Waals surface area contributed by atoms with Gasteiger partial charge in [0.1, 0.15) is 0 Å². The van der Waals surface area contributed by atoms with Crippen molar-refractivity contribution in [1.29, 1.82) is 0 Å². The predicted octanol–water partition coefficient (Wildman–Crippen LogP) is 0.817. The number of carbonyl (C=O) groups excluding carboxylic acids is 1. The predicted molar refractivity (Wildman–Crippen MR) is 81.7 cm³/mol. The molecule has 1 aromatic carbocycles. The molecular weight excluding hydrogens is 278 g/mol. The van der Waals surface area contributed by atoms with Gasteiger partial charge in [0.15, 0.2) is 9.84 Å². The number of amides is 1. The molecule has 1 amide bonds. The number of rotatable bonds is 6. The van der Waals surface area contributed by atoms with Gasteiger partial charge in [-0.15, -0.1) is 0 Å². The Balaban J connectivity index is 2.72. The Kier molecular flexibility index (Phi) is 5.38. The first-order valence-corrected chi connectivity index (χ1v) is 8.14. The molecular formula is C13H21N3O3S. The number of hydrogen-bond acceptors (Lipinski definition) is 5. The quantitative estimate of drug-likeness (QED) is 0.759. The molecule has 3 N–H and O–H groups in total. The van der Waals surface area contributed by atoms with Gasteiger partial charge >= 0.3 is 0 Å². The first-order valence-electron chi connectivity index (χ1n) is 6.32. The van der Waals surface area contributed by atoms with Crippen LogP contribution in [0.15, 0.2) is 18.2 Å². The fraction of sp³-hybridized carbons (Fsp3) is 0.462. The van der Waals surface area contributed by atoms with Crippen molar-refractivity contribution in [3.8, 4) is 0 Å². The SMILES string of the molecule is CCS(=O)(=O)CCNc1ccc(C(=O)N(C)C)cc1N. The highest BCUT2D eigenvalue weighted by atomic mass is 32.2. The minimum Gasteiger partial charge on any atom is -0.397 e. The second kappa shape index (κ2) is 6.60. The van der Waals surface area contributed by atoms with E-state index < -0.39 is 9.84 Å². The van der Waals surface area contributed by atoms with Gasteiger partial charge in [-0.1, -0.05) is 6.92 Å². The van der Waals surface area contributed by atoms with Crippen LogP contribution in [0.4, 0.5) is 11.4 Å². The van der Waals surface area contributed by atoms with Gasteiger partial charge in [-0.2, -0.15) is 0 Å². The zero-order chi connectivity index (χ0) is 15.3. The molecule has 0 saturated heterocycles. The second-order valence-corrected chi connectivity index (χ2v) is 7.14. The fourth-order valence-corrected chi connectivity index (χ4v) is 2.30. The molecule has 1 aromatic rings. The first kappa shape index (κ1) is 16.3. The number of nitrogens with zero attached hydrogens (tertiary/aromatic N) is 1. The van der Waals surface area contributed by atoms with Crippen LogP contribution >= 0.6 is 0 Å². The van der Waals surface area contributed by atoms with E-state index in [0.29, 0.717) is 23.5 Å². The van der Waals surface area contributed by atoms with Crippen molar-refractivity contribution >= 4 is 27.1 Å². The normalized spacial score (nSPS) is 11.2. The van der Waals surface area contributed by atoms with Crippen LogP contribution in [0.5, 0.6) is 0 Å². The monoisotopic (exact) mass is 299 g/mol. The van der Waals surface area contributed by atoms with E-state index in [9.17, 15) is 13.2 Å². The van der Waals surface area contributed by atoms with E-state index in [1.165, 1.54) is 4.90 Å². The zero-order valence-corrected chi connectivity index (χ0v) is 12.8. The molecule has 0 spiro atoms. The number of benzene rings is 1. The number of nitrogen functional groups attached to an aromatic ring is 1. The maximum Gasteiger partial charge on any atom is 0.253 e. The highest BCUT2D eigenvalue weighted by Gasteiger charge is 2.11. The topological polar surface area (TPSA) is 92.5 Å². The number of sulfone groups is 1. The van der Waals surface area contributed by atoms with Crippen LogP contribution in [0, 0.1) is 0 Å². The second-order valence-electron chi connectivity index (χ2n) is 4.66. The van der Waals surface area contributed by atoms with Gasteiger partial charge in [-0.3, -0.25) is 4.79 Å². The van der Waals surface area contributed by atoms with E-state index in [0.717, 1.165) is 0 Å². The summed E-state index contributed by atoms with van der Waals surface area (Å²) in [7, 11) is 0.334. The Morgan fingerprint density at radius 2 is 2.00 bits per heavy atom. The molecule has 20 heavy (non-hydrogen) atoms. The van der Waals surface area contributed by atoms with Crippen molar-refractivity contribution in [3.63, 3.8) is 0 Å². The van der Waals surface area contributed by atoms with E-state index >= 15 is 0 Å². The van der Waals surface area contributed by atoms with Crippen LogP contribution in [0.1, 0.15) is 17.3 Å². The highest BCUT2D eigenvalue weighted by Crippen LogP contribution is 2.20. The Morgan fingerprint density at radius 3 is 2.50 bits per heavy atom. The lowest BCUT2D eigenvalue weighted by Gasteiger charge is -2.13. The number of anilines is 2. The fourth-order valence-electron chi connectivity index (χ4n) is 1.60. The van der Waals surface area contributed by atoms with E-state index in [1.807, 2.05) is 0 Å². The van der Waals surface area contributed by atoms with E-state index in [2.05, 4.69) is 5.32 Å². The van der Waals surface area contributed by atoms with Crippen molar-refractivity contribution in [3.05, 3.63) is 23.8 Å². The van der Waals surface area contributed by atoms with Gasteiger partial charge in [0.25, 0.3) is 5.91 Å². The molecule has 112 valence electrons. The maximum absolute atomic E-state index is 11.8. The standard InChI is InChI=1S/C13H21N3O3S/c1-4-20(18,19)8-7-15-12-6-5-10(9-11(12)14)13(17)16(2)3/h5-6,9,15H,4,7-8,14H2,1-3H3. The van der Waals surface area contributed by atoms with Crippen molar-refractivity contribution in [2.75, 3.05) is 43.2 Å². The van der Waals surface area contributed by atoms with Gasteiger partial charge in [-0.25, -0.2) is 8.42 Å². The summed E-state index contributed by atoms with van der Waals surface area (Å²) in [5.74, 6) is 0.0543. The molecule has 0 radical (unpaired) electrons. The van der Waals surface area contributed by atoms with Gasteiger partial charge < -0.3 is 16.0 Å². The van der Waals surface area contributed by atoms with E-state index in [4.69, 9.17) is 5.73 Å². The van der Waals surface area contributed by atoms with Gasteiger partial charge in [0.05, 0.1) is 17.1 Å². The lowest BCUT2D eigenvalue weighted by molar-refractivity contribution is 0.0827. The largest absolute Gasteiger partial charge is 0.397 e. The first-order chi connectivity index (χ1) is 9.26. The Labute approximate surface area is 119 Å². The molecule has 0 aliphatic carbocycles. The van der Waals surface area contributed by atoms with Gasteiger partial charge in [-0.05, 0) is 18.2 Å². The van der Waals surface area contributed by atoms with Crippen LogP contribution < -0.4 is 11.1 Å². The summed E-state index contributed by atoms with van der Waals surface area (Å²) in [6.07, 6.45) is 0. The summed E-state index contributed by atoms with van der Waals surface area (Å²) in [5.41, 5.74) is 7.41. The summed E-state index contributed by atoms with van der Waals surface area (Å²) in [5, 5.41) is 2.97. The van der Waals surface area contributed by atoms with Crippen molar-refractivity contribution in [1.82, 2.24) is 4.90 Å². The molecule has 0 fully saturated rings. The highest BCUT2D eigenvalue weighted by molar-refractivity contribution is 7.91. The average Bonchev–Trinajstić information content (AvgIpc) is 2.39. The van der Waals surface area contributed by atoms with Crippen LogP contribution in [-0.2, 0) is 9.84 Å². The number of nitrogens with two attached hydrogens (primary N) is 1. The summed E-state index contributed by atoms with van der Waals surface area (Å²) in [6, 6.07) is 4.93. The minimum atomic E-state index is -3.00. The Hall–Kier alpha value is -1.76. The average molecular weight is 299 g/mol. The lowest BCUT2D eigenvalue weighted by atomic mass is 10.1. The number of carbonyl (C=O) groups is 1. The molecule has 6 nitrogen and oxygen atoms in total. The molecule has 0 aliphatic heterocycles. The van der Waals surface area contributed by atoms with Crippen molar-refractivity contribution < 1.29 is 13.2 Å². The third-order valence-electron chi connectivity index (χ3n) is 2.87. The molecule has 0 bridgehead atoms. The van der Waals surface area contributed by atoms with Crippen molar-refractivity contribution in [2.24, 2.45) is 0 Å².